The topological polar surface area (TPSA) is 63.5 Å². The molecule has 0 aliphatic heterocycles. The Labute approximate surface area is 146 Å². The van der Waals surface area contributed by atoms with Crippen LogP contribution in [0.25, 0.3) is 0 Å². The molecule has 0 aliphatic rings. The van der Waals surface area contributed by atoms with E-state index in [0.717, 1.165) is 5.76 Å². The summed E-state index contributed by atoms with van der Waals surface area (Å²) in [5.74, 6) is 1.96. The third-order valence-corrected chi connectivity index (χ3v) is 3.67. The number of nitrogens with one attached hydrogen (secondary N) is 2. The molecule has 1 amide bonds. The van der Waals surface area contributed by atoms with Crippen LogP contribution in [-0.2, 0) is 4.79 Å². The maximum absolute atomic E-state index is 12.2. The highest BCUT2D eigenvalue weighted by Crippen LogP contribution is 2.28. The summed E-state index contributed by atoms with van der Waals surface area (Å²) in [7, 11) is 0. The quantitative estimate of drug-likeness (QED) is 0.673. The number of hydrogen-bond donors (Lipinski definition) is 2. The number of carbonyl (C=O) groups is 1. The highest BCUT2D eigenvalue weighted by molar-refractivity contribution is 5.93. The molecule has 5 heteroatoms. The fraction of sp³-hybridized carbons (Fsp3) is 0.150. The van der Waals surface area contributed by atoms with Gasteiger partial charge in [0.1, 0.15) is 11.5 Å². The molecule has 1 aromatic heterocycles. The van der Waals surface area contributed by atoms with E-state index in [1.165, 1.54) is 0 Å². The van der Waals surface area contributed by atoms with Crippen LogP contribution in [0.15, 0.2) is 77.4 Å². The zero-order chi connectivity index (χ0) is 17.5. The van der Waals surface area contributed by atoms with Gasteiger partial charge in [-0.3, -0.25) is 10.1 Å². The highest BCUT2D eigenvalue weighted by atomic mass is 16.5. The van der Waals surface area contributed by atoms with Gasteiger partial charge in [-0.25, -0.2) is 0 Å². The number of carbonyl (C=O) groups excluding carboxylic acids is 1. The van der Waals surface area contributed by atoms with Gasteiger partial charge in [0.15, 0.2) is 5.75 Å². The predicted molar refractivity (Wildman–Crippen MR) is 96.7 cm³/mol. The highest BCUT2D eigenvalue weighted by Gasteiger charge is 2.12. The molecular weight excluding hydrogens is 316 g/mol. The van der Waals surface area contributed by atoms with E-state index in [2.05, 4.69) is 10.6 Å². The zero-order valence-corrected chi connectivity index (χ0v) is 13.9. The summed E-state index contributed by atoms with van der Waals surface area (Å²) in [4.78, 5) is 12.2. The minimum atomic E-state index is -0.150. The summed E-state index contributed by atoms with van der Waals surface area (Å²) >= 11 is 0. The summed E-state index contributed by atoms with van der Waals surface area (Å²) in [5, 5.41) is 6.00. The van der Waals surface area contributed by atoms with Crippen molar-refractivity contribution in [2.24, 2.45) is 0 Å². The van der Waals surface area contributed by atoms with Gasteiger partial charge < -0.3 is 14.5 Å². The average Bonchev–Trinajstić information content (AvgIpc) is 3.17. The maximum atomic E-state index is 12.2. The Morgan fingerprint density at radius 2 is 1.80 bits per heavy atom. The molecule has 3 aromatic rings. The van der Waals surface area contributed by atoms with Crippen LogP contribution in [0.4, 0.5) is 5.69 Å². The van der Waals surface area contributed by atoms with Crippen molar-refractivity contribution in [3.8, 4) is 11.5 Å². The van der Waals surface area contributed by atoms with Crippen LogP contribution >= 0.6 is 0 Å². The van der Waals surface area contributed by atoms with Gasteiger partial charge in [0.25, 0.3) is 0 Å². The monoisotopic (exact) mass is 336 g/mol. The molecule has 0 fully saturated rings. The number of hydrogen-bond acceptors (Lipinski definition) is 4. The Hall–Kier alpha value is -3.05. The maximum Gasteiger partial charge on any atom is 0.238 e. The first-order valence-electron chi connectivity index (χ1n) is 8.11. The van der Waals surface area contributed by atoms with Gasteiger partial charge in [-0.05, 0) is 43.3 Å². The molecule has 2 N–H and O–H groups in total. The molecule has 0 aliphatic carbocycles. The lowest BCUT2D eigenvalue weighted by Crippen LogP contribution is -2.30. The van der Waals surface area contributed by atoms with Crippen molar-refractivity contribution in [1.29, 1.82) is 0 Å². The Kier molecular flexibility index (Phi) is 5.49. The van der Waals surface area contributed by atoms with Gasteiger partial charge in [0.05, 0.1) is 24.5 Å². The number of rotatable bonds is 7. The molecule has 5 nitrogen and oxygen atoms in total. The number of furan rings is 1. The molecule has 0 spiro atoms. The van der Waals surface area contributed by atoms with Gasteiger partial charge in [-0.2, -0.15) is 0 Å². The van der Waals surface area contributed by atoms with Crippen LogP contribution < -0.4 is 15.4 Å². The molecule has 128 valence electrons. The van der Waals surface area contributed by atoms with Crippen LogP contribution in [0.3, 0.4) is 0 Å². The molecule has 1 atom stereocenters. The van der Waals surface area contributed by atoms with E-state index in [1.807, 2.05) is 73.7 Å². The third-order valence-electron chi connectivity index (χ3n) is 3.67. The fourth-order valence-electron chi connectivity index (χ4n) is 2.35. The van der Waals surface area contributed by atoms with E-state index < -0.39 is 0 Å². The minimum absolute atomic E-state index is 0.0448. The molecule has 1 heterocycles. The second kappa shape index (κ2) is 8.17. The van der Waals surface area contributed by atoms with E-state index in [4.69, 9.17) is 9.15 Å². The normalized spacial score (nSPS) is 11.7. The Balaban J connectivity index is 1.59. The lowest BCUT2D eigenvalue weighted by Gasteiger charge is -2.14. The average molecular weight is 336 g/mol. The van der Waals surface area contributed by atoms with E-state index in [0.29, 0.717) is 17.2 Å². The first-order valence-corrected chi connectivity index (χ1v) is 8.11. The number of para-hydroxylation sites is 3. The summed E-state index contributed by atoms with van der Waals surface area (Å²) in [6, 6.07) is 20.5. The Bertz CT molecular complexity index is 801. The molecule has 0 saturated carbocycles. The minimum Gasteiger partial charge on any atom is -0.468 e. The number of amides is 1. The summed E-state index contributed by atoms with van der Waals surface area (Å²) in [6.45, 7) is 2.11. The zero-order valence-electron chi connectivity index (χ0n) is 13.9. The number of ether oxygens (including phenoxy) is 1. The van der Waals surface area contributed by atoms with Gasteiger partial charge >= 0.3 is 0 Å². The SMILES string of the molecule is C[C@@H](NCC(=O)Nc1ccccc1Oc1ccccc1)c1ccco1. The second-order valence-corrected chi connectivity index (χ2v) is 5.58. The molecule has 3 rings (SSSR count). The van der Waals surface area contributed by atoms with Gasteiger partial charge in [0.2, 0.25) is 5.91 Å². The summed E-state index contributed by atoms with van der Waals surface area (Å²) in [6.07, 6.45) is 1.62. The summed E-state index contributed by atoms with van der Waals surface area (Å²) in [5.41, 5.74) is 0.629. The van der Waals surface area contributed by atoms with Crippen molar-refractivity contribution >= 4 is 11.6 Å². The van der Waals surface area contributed by atoms with Crippen LogP contribution in [0.5, 0.6) is 11.5 Å². The van der Waals surface area contributed by atoms with Crippen molar-refractivity contribution in [1.82, 2.24) is 5.32 Å². The molecular formula is C20H20N2O3. The Morgan fingerprint density at radius 3 is 2.56 bits per heavy atom. The van der Waals surface area contributed by atoms with Crippen molar-refractivity contribution in [2.45, 2.75) is 13.0 Å². The first-order chi connectivity index (χ1) is 12.2. The molecule has 0 saturated heterocycles. The number of benzene rings is 2. The standard InChI is InChI=1S/C20H20N2O3/c1-15(18-12-7-13-24-18)21-14-20(23)22-17-10-5-6-11-19(17)25-16-8-3-2-4-9-16/h2-13,15,21H,14H2,1H3,(H,22,23)/t15-/m1/s1. The lowest BCUT2D eigenvalue weighted by molar-refractivity contribution is -0.115. The smallest absolute Gasteiger partial charge is 0.238 e. The van der Waals surface area contributed by atoms with Crippen LogP contribution in [0.1, 0.15) is 18.7 Å². The van der Waals surface area contributed by atoms with E-state index >= 15 is 0 Å². The van der Waals surface area contributed by atoms with Crippen molar-refractivity contribution in [3.63, 3.8) is 0 Å². The third kappa shape index (κ3) is 4.71. The van der Waals surface area contributed by atoms with Crippen molar-refractivity contribution in [2.75, 3.05) is 11.9 Å². The van der Waals surface area contributed by atoms with E-state index in [1.54, 1.807) is 6.26 Å². The second-order valence-electron chi connectivity index (χ2n) is 5.58. The van der Waals surface area contributed by atoms with Gasteiger partial charge in [-0.1, -0.05) is 30.3 Å². The fourth-order valence-corrected chi connectivity index (χ4v) is 2.35. The van der Waals surface area contributed by atoms with E-state index in [9.17, 15) is 4.79 Å². The van der Waals surface area contributed by atoms with Gasteiger partial charge in [-0.15, -0.1) is 0 Å². The lowest BCUT2D eigenvalue weighted by atomic mass is 10.2. The Morgan fingerprint density at radius 1 is 1.04 bits per heavy atom. The number of anilines is 1. The van der Waals surface area contributed by atoms with Crippen LogP contribution in [-0.4, -0.2) is 12.5 Å². The molecule has 2 aromatic carbocycles. The van der Waals surface area contributed by atoms with Gasteiger partial charge in [0, 0.05) is 0 Å². The molecule has 25 heavy (non-hydrogen) atoms. The van der Waals surface area contributed by atoms with Crippen LogP contribution in [0.2, 0.25) is 0 Å². The first kappa shape index (κ1) is 16.8. The molecule has 0 bridgehead atoms. The molecule has 0 radical (unpaired) electrons. The molecule has 0 unspecified atom stereocenters. The summed E-state index contributed by atoms with van der Waals surface area (Å²) < 4.78 is 11.2. The van der Waals surface area contributed by atoms with E-state index in [-0.39, 0.29) is 18.5 Å². The van der Waals surface area contributed by atoms with Crippen molar-refractivity contribution < 1.29 is 13.9 Å². The van der Waals surface area contributed by atoms with Crippen molar-refractivity contribution in [3.05, 3.63) is 78.8 Å². The van der Waals surface area contributed by atoms with Crippen LogP contribution in [0, 0.1) is 0 Å². The largest absolute Gasteiger partial charge is 0.468 e. The predicted octanol–water partition coefficient (Wildman–Crippen LogP) is 4.36.